The monoisotopic (exact) mass is 546 g/mol. The summed E-state index contributed by atoms with van der Waals surface area (Å²) in [5, 5.41) is 9.60. The van der Waals surface area contributed by atoms with Crippen molar-refractivity contribution >= 4 is 11.4 Å². The molecule has 2 rings (SSSR count). The minimum atomic E-state index is 0. The van der Waals surface area contributed by atoms with Crippen LogP contribution in [0.3, 0.4) is 0 Å². The molecule has 3 nitrogen and oxygen atoms in total. The predicted octanol–water partition coefficient (Wildman–Crippen LogP) is 5.37. The molecule has 0 saturated heterocycles. The van der Waals surface area contributed by atoms with Crippen molar-refractivity contribution in [3.63, 3.8) is 0 Å². The summed E-state index contributed by atoms with van der Waals surface area (Å²) >= 11 is 0. The molecule has 2 aromatic carbocycles. The number of rotatable bonds is 8. The molecule has 0 amide bonds. The van der Waals surface area contributed by atoms with E-state index in [0.29, 0.717) is 0 Å². The molecule has 0 heterocycles. The van der Waals surface area contributed by atoms with Gasteiger partial charge in [-0.25, -0.2) is 0 Å². The Morgan fingerprint density at radius 1 is 0.679 bits per heavy atom. The largest absolute Gasteiger partial charge is 0.680 e. The van der Waals surface area contributed by atoms with Crippen molar-refractivity contribution in [2.45, 2.75) is 41.5 Å². The Hall–Kier alpha value is -1.13. The molecule has 4 heteroatoms. The summed E-state index contributed by atoms with van der Waals surface area (Å²) in [6, 6.07) is 8.80. The van der Waals surface area contributed by atoms with E-state index >= 15 is 0 Å². The first kappa shape index (κ1) is 26.9. The van der Waals surface area contributed by atoms with Crippen LogP contribution in [0.4, 0.5) is 11.4 Å². The van der Waals surface area contributed by atoms with Gasteiger partial charge in [0.15, 0.2) is 0 Å². The van der Waals surface area contributed by atoms with Crippen molar-refractivity contribution in [3.8, 4) is 0 Å². The molecule has 2 aromatic rings. The fourth-order valence-corrected chi connectivity index (χ4v) is 3.62. The number of aryl methyl sites for hydroxylation is 6. The molecule has 0 aliphatic carbocycles. The molecular weight excluding hydrogens is 509 g/mol. The number of hydrogen-bond donors (Lipinski definition) is 1. The first-order valence-corrected chi connectivity index (χ1v) is 9.45. The molecule has 0 aliphatic rings. The topological polar surface area (TPSA) is 32.6 Å². The van der Waals surface area contributed by atoms with E-state index in [-0.39, 0.29) is 33.3 Å². The van der Waals surface area contributed by atoms with Crippen LogP contribution in [0.25, 0.3) is 10.6 Å². The van der Waals surface area contributed by atoms with E-state index in [9.17, 15) is 0 Å². The molecule has 0 bridgehead atoms. The quantitative estimate of drug-likeness (QED) is 0.342. The van der Waals surface area contributed by atoms with E-state index in [1.807, 2.05) is 0 Å². The van der Waals surface area contributed by atoms with Crippen LogP contribution < -0.4 is 4.90 Å². The molecule has 0 aromatic heterocycles. The minimum absolute atomic E-state index is 0. The fourth-order valence-electron chi connectivity index (χ4n) is 3.62. The van der Waals surface area contributed by atoms with E-state index in [0.717, 1.165) is 37.6 Å². The van der Waals surface area contributed by atoms with Crippen LogP contribution >= 0.6 is 0 Å². The molecule has 0 fully saturated rings. The molecule has 0 saturated carbocycles. The Morgan fingerprint density at radius 3 is 1.25 bits per heavy atom. The van der Waals surface area contributed by atoms with Gasteiger partial charge in [0.2, 0.25) is 0 Å². The third-order valence-corrected chi connectivity index (χ3v) is 4.74. The molecule has 0 radical (unpaired) electrons. The zero-order valence-corrected chi connectivity index (χ0v) is 22.3. The SMILES string of the molecule is [CH2-][NH+](CC[N-]c1c(C)cc(C)cc1C)CC[N-]c1c(C)cc(C)cc1C.[CH3-].[Hf]. The third kappa shape index (κ3) is 7.71. The molecular formula is C24H36HfN3-3. The van der Waals surface area contributed by atoms with E-state index < -0.39 is 0 Å². The van der Waals surface area contributed by atoms with E-state index in [1.165, 1.54) is 38.3 Å². The minimum Gasteiger partial charge on any atom is -0.680 e. The summed E-state index contributed by atoms with van der Waals surface area (Å²) in [5.41, 5.74) is 9.90. The van der Waals surface area contributed by atoms with Gasteiger partial charge < -0.3 is 23.0 Å². The Kier molecular flexibility index (Phi) is 11.9. The third-order valence-electron chi connectivity index (χ3n) is 4.74. The number of quaternary nitrogens is 1. The second kappa shape index (κ2) is 12.4. The van der Waals surface area contributed by atoms with Crippen LogP contribution in [0.2, 0.25) is 0 Å². The van der Waals surface area contributed by atoms with E-state index in [1.54, 1.807) is 0 Å². The van der Waals surface area contributed by atoms with Crippen LogP contribution in [0.1, 0.15) is 33.4 Å². The van der Waals surface area contributed by atoms with Gasteiger partial charge in [-0.3, -0.25) is 0 Å². The fraction of sp³-hybridized carbons (Fsp3) is 0.417. The van der Waals surface area contributed by atoms with Crippen molar-refractivity contribution in [1.29, 1.82) is 0 Å². The Bertz CT molecular complexity index is 646. The number of nitrogens with one attached hydrogen (secondary N) is 1. The summed E-state index contributed by atoms with van der Waals surface area (Å²) in [6.07, 6.45) is 0. The number of hydrogen-bond acceptors (Lipinski definition) is 0. The number of benzene rings is 2. The van der Waals surface area contributed by atoms with Gasteiger partial charge in [0.25, 0.3) is 0 Å². The zero-order chi connectivity index (χ0) is 19.3. The van der Waals surface area contributed by atoms with Gasteiger partial charge in [-0.2, -0.15) is 7.05 Å². The maximum absolute atomic E-state index is 4.80. The number of nitrogens with zero attached hydrogens (tertiary/aromatic N) is 2. The molecule has 154 valence electrons. The van der Waals surface area contributed by atoms with E-state index in [4.69, 9.17) is 10.6 Å². The first-order chi connectivity index (χ1) is 12.3. The summed E-state index contributed by atoms with van der Waals surface area (Å²) in [7, 11) is 4.22. The van der Waals surface area contributed by atoms with Gasteiger partial charge in [-0.05, 0) is 41.5 Å². The standard InChI is InChI=1S/C23H33N3.CH3.Hf/c1-16-12-18(3)22(19(4)13-16)24-8-10-26(7)11-9-25-23-20(5)14-17(2)15-21(23)6;;/h12-15,26H,7-11H2,1-6H3;1H3;/q-2;-1;. The van der Waals surface area contributed by atoms with Gasteiger partial charge >= 0.3 is 0 Å². The maximum Gasteiger partial charge on any atom is 0.0366 e. The predicted molar refractivity (Wildman–Crippen MR) is 120 cm³/mol. The second-order valence-corrected chi connectivity index (χ2v) is 7.51. The Morgan fingerprint density at radius 2 is 0.964 bits per heavy atom. The van der Waals surface area contributed by atoms with Crippen molar-refractivity contribution < 1.29 is 30.7 Å². The zero-order valence-electron chi connectivity index (χ0n) is 18.7. The van der Waals surface area contributed by atoms with Gasteiger partial charge in [-0.1, -0.05) is 70.7 Å². The summed E-state index contributed by atoms with van der Waals surface area (Å²) in [6.45, 7) is 16.3. The smallest absolute Gasteiger partial charge is 0.0366 e. The normalized spacial score (nSPS) is 10.3. The van der Waals surface area contributed by atoms with Gasteiger partial charge in [0.1, 0.15) is 0 Å². The Balaban J connectivity index is 0.00000364. The average molecular weight is 545 g/mol. The van der Waals surface area contributed by atoms with Crippen molar-refractivity contribution in [1.82, 2.24) is 0 Å². The van der Waals surface area contributed by atoms with Crippen molar-refractivity contribution in [2.75, 3.05) is 26.2 Å². The molecule has 0 spiro atoms. The van der Waals surface area contributed by atoms with Crippen LogP contribution in [0.5, 0.6) is 0 Å². The molecule has 0 atom stereocenters. The average Bonchev–Trinajstić information content (AvgIpc) is 2.52. The maximum atomic E-state index is 4.80. The van der Waals surface area contributed by atoms with Gasteiger partial charge in [-0.15, -0.1) is 11.4 Å². The summed E-state index contributed by atoms with van der Waals surface area (Å²) < 4.78 is 0. The molecule has 28 heavy (non-hydrogen) atoms. The van der Waals surface area contributed by atoms with Gasteiger partial charge in [0, 0.05) is 38.9 Å². The second-order valence-electron chi connectivity index (χ2n) is 7.51. The van der Waals surface area contributed by atoms with Crippen LogP contribution in [-0.4, -0.2) is 26.2 Å². The molecule has 0 aliphatic heterocycles. The van der Waals surface area contributed by atoms with Gasteiger partial charge in [0.05, 0.1) is 0 Å². The Labute approximate surface area is 192 Å². The van der Waals surface area contributed by atoms with Crippen molar-refractivity contribution in [2.24, 2.45) is 0 Å². The van der Waals surface area contributed by atoms with Crippen LogP contribution in [-0.2, 0) is 25.8 Å². The molecule has 1 N–H and O–H groups in total. The summed E-state index contributed by atoms with van der Waals surface area (Å²) in [5.74, 6) is 0. The first-order valence-electron chi connectivity index (χ1n) is 9.45. The van der Waals surface area contributed by atoms with E-state index in [2.05, 4.69) is 72.9 Å². The molecule has 0 unspecified atom stereocenters. The van der Waals surface area contributed by atoms with Crippen LogP contribution in [0, 0.1) is 56.0 Å². The van der Waals surface area contributed by atoms with Crippen molar-refractivity contribution in [3.05, 3.63) is 82.8 Å². The van der Waals surface area contributed by atoms with Crippen LogP contribution in [0.15, 0.2) is 24.3 Å². The summed E-state index contributed by atoms with van der Waals surface area (Å²) in [4.78, 5) is 1.22.